The lowest BCUT2D eigenvalue weighted by molar-refractivity contribution is -0.122. The molecule has 5 amide bonds. The van der Waals surface area contributed by atoms with Crippen molar-refractivity contribution in [1.29, 1.82) is 0 Å². The Balaban J connectivity index is 1.56. The second kappa shape index (κ2) is 14.3. The number of nitrogens with one attached hydrogen (secondary N) is 2. The van der Waals surface area contributed by atoms with E-state index in [0.717, 1.165) is 11.3 Å². The molecule has 0 aliphatic carbocycles. The third-order valence-electron chi connectivity index (χ3n) is 6.08. The predicted octanol–water partition coefficient (Wildman–Crippen LogP) is 6.14. The number of benzene rings is 3. The van der Waals surface area contributed by atoms with E-state index in [1.54, 1.807) is 12.1 Å². The van der Waals surface area contributed by atoms with Crippen LogP contribution in [0, 0.1) is 0 Å². The number of nitrogens with zero attached hydrogens (tertiary/aromatic N) is 1. The van der Waals surface area contributed by atoms with E-state index < -0.39 is 30.4 Å². The van der Waals surface area contributed by atoms with Gasteiger partial charge in [0.1, 0.15) is 5.57 Å². The quantitative estimate of drug-likeness (QED) is 0.185. The van der Waals surface area contributed by atoms with Crippen LogP contribution in [0.3, 0.4) is 0 Å². The summed E-state index contributed by atoms with van der Waals surface area (Å²) in [7, 11) is 2.78. The van der Waals surface area contributed by atoms with Gasteiger partial charge in [-0.15, -0.1) is 0 Å². The van der Waals surface area contributed by atoms with Crippen LogP contribution in [-0.4, -0.2) is 51.2 Å². The van der Waals surface area contributed by atoms with Gasteiger partial charge in [-0.2, -0.15) is 0 Å². The molecule has 3 aromatic rings. The molecule has 230 valence electrons. The van der Waals surface area contributed by atoms with Crippen molar-refractivity contribution in [3.63, 3.8) is 0 Å². The van der Waals surface area contributed by atoms with Crippen molar-refractivity contribution in [2.24, 2.45) is 0 Å². The smallest absolute Gasteiger partial charge is 0.335 e. The van der Waals surface area contributed by atoms with Gasteiger partial charge in [0.25, 0.3) is 17.7 Å². The van der Waals surface area contributed by atoms with Crippen LogP contribution in [0.25, 0.3) is 6.08 Å². The van der Waals surface area contributed by atoms with E-state index in [0.29, 0.717) is 28.8 Å². The molecule has 1 saturated heterocycles. The average molecular weight is 663 g/mol. The van der Waals surface area contributed by atoms with Crippen LogP contribution in [0.5, 0.6) is 23.0 Å². The molecule has 11 nitrogen and oxygen atoms in total. The molecule has 0 bridgehead atoms. The average Bonchev–Trinajstić information content (AvgIpc) is 2.99. The fourth-order valence-corrected chi connectivity index (χ4v) is 4.63. The molecule has 4 rings (SSSR count). The van der Waals surface area contributed by atoms with Gasteiger partial charge in [0.05, 0.1) is 41.6 Å². The van der Waals surface area contributed by atoms with Crippen LogP contribution < -0.4 is 34.5 Å². The molecular formula is C30H26Cl3N3O8. The Labute approximate surface area is 267 Å². The van der Waals surface area contributed by atoms with Crippen LogP contribution in [0.15, 0.2) is 54.1 Å². The number of amides is 5. The zero-order valence-electron chi connectivity index (χ0n) is 23.7. The molecule has 0 spiro atoms. The highest BCUT2D eigenvalue weighted by atomic mass is 35.5. The molecule has 1 aliphatic heterocycles. The molecule has 0 aromatic heterocycles. The third kappa shape index (κ3) is 7.36. The second-order valence-corrected chi connectivity index (χ2v) is 10.4. The Bertz CT molecular complexity index is 1660. The number of carbonyl (C=O) groups is 4. The van der Waals surface area contributed by atoms with Gasteiger partial charge < -0.3 is 24.3 Å². The van der Waals surface area contributed by atoms with E-state index >= 15 is 0 Å². The fraction of sp³-hybridized carbons (Fsp3) is 0.200. The van der Waals surface area contributed by atoms with E-state index in [1.165, 1.54) is 56.7 Å². The van der Waals surface area contributed by atoms with Crippen LogP contribution in [0.4, 0.5) is 16.2 Å². The van der Waals surface area contributed by atoms with Crippen molar-refractivity contribution < 1.29 is 38.1 Å². The van der Waals surface area contributed by atoms with Gasteiger partial charge in [-0.05, 0) is 60.5 Å². The second-order valence-electron chi connectivity index (χ2n) is 9.14. The maximum Gasteiger partial charge on any atom is 0.335 e. The first-order chi connectivity index (χ1) is 21.1. The zero-order chi connectivity index (χ0) is 32.0. The molecule has 1 aliphatic rings. The monoisotopic (exact) mass is 661 g/mol. The van der Waals surface area contributed by atoms with Crippen molar-refractivity contribution in [2.45, 2.75) is 13.3 Å². The van der Waals surface area contributed by atoms with E-state index in [9.17, 15) is 19.2 Å². The van der Waals surface area contributed by atoms with Crippen LogP contribution >= 0.6 is 34.8 Å². The molecule has 2 N–H and O–H groups in total. The van der Waals surface area contributed by atoms with Gasteiger partial charge in [-0.3, -0.25) is 19.7 Å². The molecule has 1 fully saturated rings. The number of barbiturate groups is 1. The molecular weight excluding hydrogens is 637 g/mol. The van der Waals surface area contributed by atoms with E-state index in [4.69, 9.17) is 53.8 Å². The highest BCUT2D eigenvalue weighted by molar-refractivity contribution is 6.42. The van der Waals surface area contributed by atoms with Crippen LogP contribution in [0.2, 0.25) is 15.1 Å². The molecule has 3 aromatic carbocycles. The number of carbonyl (C=O) groups excluding carboxylic acids is 4. The van der Waals surface area contributed by atoms with Gasteiger partial charge in [-0.1, -0.05) is 41.7 Å². The minimum absolute atomic E-state index is 0.0301. The Kier molecular flexibility index (Phi) is 10.6. The standard InChI is InChI=1S/C30H26Cl3N3O8/c1-4-9-43-23-8-6-18(14-24(23)41-2)36-29(39)19(28(38)35-30(36)40)10-16-11-22(33)27(25(12-16)42-3)44-15-26(37)34-17-5-7-20(31)21(32)13-17/h5-8,10-14H,4,9,15H2,1-3H3,(H,34,37)(H,35,38,40)/b19-10-. The first-order valence-electron chi connectivity index (χ1n) is 13.0. The summed E-state index contributed by atoms with van der Waals surface area (Å²) in [5, 5.41) is 5.43. The van der Waals surface area contributed by atoms with Gasteiger partial charge >= 0.3 is 6.03 Å². The summed E-state index contributed by atoms with van der Waals surface area (Å²) >= 11 is 18.3. The Hall–Kier alpha value is -4.45. The van der Waals surface area contributed by atoms with Crippen molar-refractivity contribution in [3.8, 4) is 23.0 Å². The molecule has 0 radical (unpaired) electrons. The number of methoxy groups -OCH3 is 2. The summed E-state index contributed by atoms with van der Waals surface area (Å²) in [5.41, 5.74) is 0.510. The summed E-state index contributed by atoms with van der Waals surface area (Å²) in [6.45, 7) is 1.97. The topological polar surface area (TPSA) is 132 Å². The minimum atomic E-state index is -0.931. The zero-order valence-corrected chi connectivity index (χ0v) is 25.9. The Morgan fingerprint density at radius 2 is 1.64 bits per heavy atom. The number of hydrogen-bond donors (Lipinski definition) is 2. The molecule has 14 heteroatoms. The summed E-state index contributed by atoms with van der Waals surface area (Å²) in [4.78, 5) is 52.1. The predicted molar refractivity (Wildman–Crippen MR) is 166 cm³/mol. The number of rotatable bonds is 11. The lowest BCUT2D eigenvalue weighted by Crippen LogP contribution is -2.54. The SMILES string of the molecule is CCCOc1ccc(N2C(=O)NC(=O)/C(=C/c3cc(Cl)c(OCC(=O)Nc4ccc(Cl)c(Cl)c4)c(OC)c3)C2=O)cc1OC. The molecule has 0 unspecified atom stereocenters. The summed E-state index contributed by atoms with van der Waals surface area (Å²) in [6, 6.07) is 11.1. The number of urea groups is 1. The van der Waals surface area contributed by atoms with Gasteiger partial charge in [-0.25, -0.2) is 9.69 Å². The first kappa shape index (κ1) is 32.5. The van der Waals surface area contributed by atoms with Crippen LogP contribution in [0.1, 0.15) is 18.9 Å². The summed E-state index contributed by atoms with van der Waals surface area (Å²) in [6.07, 6.45) is 2.02. The molecule has 0 atom stereocenters. The minimum Gasteiger partial charge on any atom is -0.493 e. The highest BCUT2D eigenvalue weighted by Gasteiger charge is 2.37. The fourth-order valence-electron chi connectivity index (χ4n) is 4.06. The van der Waals surface area contributed by atoms with Gasteiger partial charge in [0, 0.05) is 11.8 Å². The van der Waals surface area contributed by atoms with E-state index in [-0.39, 0.29) is 38.4 Å². The first-order valence-corrected chi connectivity index (χ1v) is 14.2. The van der Waals surface area contributed by atoms with Crippen molar-refractivity contribution in [2.75, 3.05) is 37.7 Å². The number of imide groups is 2. The normalized spacial score (nSPS) is 13.9. The molecule has 44 heavy (non-hydrogen) atoms. The lowest BCUT2D eigenvalue weighted by Gasteiger charge is -2.27. The highest BCUT2D eigenvalue weighted by Crippen LogP contribution is 2.38. The van der Waals surface area contributed by atoms with E-state index in [1.807, 2.05) is 6.92 Å². The van der Waals surface area contributed by atoms with Crippen LogP contribution in [-0.2, 0) is 14.4 Å². The van der Waals surface area contributed by atoms with Gasteiger partial charge in [0.15, 0.2) is 29.6 Å². The van der Waals surface area contributed by atoms with E-state index in [2.05, 4.69) is 10.6 Å². The number of hydrogen-bond acceptors (Lipinski definition) is 8. The largest absolute Gasteiger partial charge is 0.493 e. The molecule has 1 heterocycles. The third-order valence-corrected chi connectivity index (χ3v) is 7.10. The number of halogens is 3. The Morgan fingerprint density at radius 1 is 0.886 bits per heavy atom. The lowest BCUT2D eigenvalue weighted by atomic mass is 10.1. The Morgan fingerprint density at radius 3 is 2.32 bits per heavy atom. The van der Waals surface area contributed by atoms with Crippen molar-refractivity contribution >= 4 is 76.0 Å². The summed E-state index contributed by atoms with van der Waals surface area (Å²) < 4.78 is 22.0. The van der Waals surface area contributed by atoms with Crippen molar-refractivity contribution in [1.82, 2.24) is 5.32 Å². The maximum absolute atomic E-state index is 13.4. The number of anilines is 2. The van der Waals surface area contributed by atoms with Gasteiger partial charge in [0.2, 0.25) is 0 Å². The number of ether oxygens (including phenoxy) is 4. The van der Waals surface area contributed by atoms with Crippen molar-refractivity contribution in [3.05, 3.63) is 74.7 Å². The maximum atomic E-state index is 13.4. The summed E-state index contributed by atoms with van der Waals surface area (Å²) in [5.74, 6) is -1.38. The molecule has 0 saturated carbocycles.